The molecule has 0 radical (unpaired) electrons. The molecule has 0 aromatic heterocycles. The van der Waals surface area contributed by atoms with Gasteiger partial charge in [-0.1, -0.05) is 12.1 Å². The van der Waals surface area contributed by atoms with Crippen molar-refractivity contribution in [2.24, 2.45) is 0 Å². The maximum Gasteiger partial charge on any atom is 0.328 e. The summed E-state index contributed by atoms with van der Waals surface area (Å²) in [6.07, 6.45) is 4.42. The number of benzene rings is 1. The quantitative estimate of drug-likeness (QED) is 0.501. The normalized spacial score (nSPS) is 18.1. The molecule has 1 aliphatic heterocycles. The van der Waals surface area contributed by atoms with Gasteiger partial charge in [-0.3, -0.25) is 0 Å². The van der Waals surface area contributed by atoms with Crippen LogP contribution in [0.1, 0.15) is 18.4 Å². The lowest BCUT2D eigenvalue weighted by atomic mass is 10.1. The fraction of sp³-hybridized carbons (Fsp3) is 0.400. The average Bonchev–Trinajstić information content (AvgIpc) is 2.94. The predicted molar refractivity (Wildman–Crippen MR) is 73.6 cm³/mol. The molecule has 0 amide bonds. The smallest absolute Gasteiger partial charge is 0.328 e. The highest BCUT2D eigenvalue weighted by atomic mass is 16.6. The fourth-order valence-electron chi connectivity index (χ4n) is 2.16. The van der Waals surface area contributed by atoms with E-state index in [-0.39, 0.29) is 12.0 Å². The van der Waals surface area contributed by atoms with E-state index in [1.807, 2.05) is 18.2 Å². The topological polar surface area (TPSA) is 47.6 Å². The van der Waals surface area contributed by atoms with Gasteiger partial charge in [0.05, 0.1) is 7.11 Å². The Labute approximate surface area is 113 Å². The minimum atomic E-state index is -0.243. The van der Waals surface area contributed by atoms with Gasteiger partial charge in [0.15, 0.2) is 11.5 Å². The summed E-state index contributed by atoms with van der Waals surface area (Å²) in [7, 11) is 1.57. The SMILES string of the molecule is C=CCc1ccc(OC(=O)C2CCCN2)c(OC)c1. The van der Waals surface area contributed by atoms with Gasteiger partial charge in [0.2, 0.25) is 0 Å². The largest absolute Gasteiger partial charge is 0.493 e. The molecule has 1 aromatic rings. The maximum atomic E-state index is 11.9. The zero-order valence-electron chi connectivity index (χ0n) is 11.1. The van der Waals surface area contributed by atoms with Crippen LogP contribution >= 0.6 is 0 Å². The van der Waals surface area contributed by atoms with Crippen LogP contribution in [0.3, 0.4) is 0 Å². The summed E-state index contributed by atoms with van der Waals surface area (Å²) in [6.45, 7) is 4.57. The number of hydrogen-bond acceptors (Lipinski definition) is 4. The van der Waals surface area contributed by atoms with Crippen LogP contribution in [0.15, 0.2) is 30.9 Å². The van der Waals surface area contributed by atoms with Crippen LogP contribution in [-0.4, -0.2) is 25.7 Å². The molecule has 1 heterocycles. The van der Waals surface area contributed by atoms with Crippen LogP contribution in [0.4, 0.5) is 0 Å². The van der Waals surface area contributed by atoms with Gasteiger partial charge >= 0.3 is 5.97 Å². The number of allylic oxidation sites excluding steroid dienone is 1. The Morgan fingerprint density at radius 1 is 1.53 bits per heavy atom. The molecule has 0 bridgehead atoms. The summed E-state index contributed by atoms with van der Waals surface area (Å²) >= 11 is 0. The standard InChI is InChI=1S/C15H19NO3/c1-3-5-11-7-8-13(14(10-11)18-2)19-15(17)12-6-4-9-16-12/h3,7-8,10,12,16H,1,4-6,9H2,2H3. The van der Waals surface area contributed by atoms with Crippen LogP contribution in [-0.2, 0) is 11.2 Å². The fourth-order valence-corrected chi connectivity index (χ4v) is 2.16. The van der Waals surface area contributed by atoms with Gasteiger partial charge in [-0.05, 0) is 43.5 Å². The zero-order valence-corrected chi connectivity index (χ0v) is 11.1. The van der Waals surface area contributed by atoms with Crippen LogP contribution in [0.5, 0.6) is 11.5 Å². The first kappa shape index (κ1) is 13.6. The number of nitrogens with one attached hydrogen (secondary N) is 1. The van der Waals surface area contributed by atoms with Gasteiger partial charge in [0, 0.05) is 0 Å². The molecule has 1 atom stereocenters. The number of esters is 1. The van der Waals surface area contributed by atoms with Crippen molar-refractivity contribution in [2.75, 3.05) is 13.7 Å². The number of rotatable bonds is 5. The number of carbonyl (C=O) groups is 1. The van der Waals surface area contributed by atoms with Gasteiger partial charge < -0.3 is 14.8 Å². The first-order valence-electron chi connectivity index (χ1n) is 6.47. The highest BCUT2D eigenvalue weighted by Gasteiger charge is 2.24. The minimum Gasteiger partial charge on any atom is -0.493 e. The Balaban J connectivity index is 2.10. The molecule has 0 saturated carbocycles. The molecule has 1 N–H and O–H groups in total. The molecule has 4 nitrogen and oxygen atoms in total. The molecule has 0 aliphatic carbocycles. The molecule has 1 unspecified atom stereocenters. The zero-order chi connectivity index (χ0) is 13.7. The summed E-state index contributed by atoms with van der Waals surface area (Å²) in [5.74, 6) is 0.798. The number of hydrogen-bond donors (Lipinski definition) is 1. The van der Waals surface area contributed by atoms with Crippen LogP contribution in [0.2, 0.25) is 0 Å². The van der Waals surface area contributed by atoms with Gasteiger partial charge in [-0.15, -0.1) is 6.58 Å². The van der Waals surface area contributed by atoms with Crippen molar-refractivity contribution in [2.45, 2.75) is 25.3 Å². The van der Waals surface area contributed by atoms with Gasteiger partial charge in [0.25, 0.3) is 0 Å². The third-order valence-electron chi connectivity index (χ3n) is 3.16. The Hall–Kier alpha value is -1.81. The molecule has 19 heavy (non-hydrogen) atoms. The Morgan fingerprint density at radius 2 is 2.37 bits per heavy atom. The third-order valence-corrected chi connectivity index (χ3v) is 3.16. The van der Waals surface area contributed by atoms with Crippen molar-refractivity contribution in [3.63, 3.8) is 0 Å². The molecule has 1 fully saturated rings. The van der Waals surface area contributed by atoms with E-state index >= 15 is 0 Å². The van der Waals surface area contributed by atoms with Crippen molar-refractivity contribution in [1.29, 1.82) is 0 Å². The molecule has 0 spiro atoms. The molecule has 102 valence electrons. The van der Waals surface area contributed by atoms with E-state index in [1.54, 1.807) is 13.2 Å². The van der Waals surface area contributed by atoms with Crippen LogP contribution < -0.4 is 14.8 Å². The Morgan fingerprint density at radius 3 is 3.00 bits per heavy atom. The predicted octanol–water partition coefficient (Wildman–Crippen LogP) is 2.08. The molecule has 2 rings (SSSR count). The molecule has 4 heteroatoms. The van der Waals surface area contributed by atoms with Gasteiger partial charge in [0.1, 0.15) is 6.04 Å². The lowest BCUT2D eigenvalue weighted by Gasteiger charge is -2.13. The lowest BCUT2D eigenvalue weighted by Crippen LogP contribution is -2.34. The number of carbonyl (C=O) groups excluding carboxylic acids is 1. The van der Waals surface area contributed by atoms with Gasteiger partial charge in [-0.2, -0.15) is 0 Å². The summed E-state index contributed by atoms with van der Waals surface area (Å²) in [5.41, 5.74) is 1.07. The second kappa shape index (κ2) is 6.38. The van der Waals surface area contributed by atoms with Crippen LogP contribution in [0.25, 0.3) is 0 Å². The van der Waals surface area contributed by atoms with E-state index < -0.39 is 0 Å². The first-order chi connectivity index (χ1) is 9.24. The number of ether oxygens (including phenoxy) is 2. The summed E-state index contributed by atoms with van der Waals surface area (Å²) in [4.78, 5) is 11.9. The molecular formula is C15H19NO3. The minimum absolute atomic E-state index is 0.197. The van der Waals surface area contributed by atoms with Crippen LogP contribution in [0, 0.1) is 0 Å². The highest BCUT2D eigenvalue weighted by molar-refractivity contribution is 5.79. The average molecular weight is 261 g/mol. The summed E-state index contributed by atoms with van der Waals surface area (Å²) < 4.78 is 10.7. The van der Waals surface area contributed by atoms with Gasteiger partial charge in [-0.25, -0.2) is 4.79 Å². The first-order valence-corrected chi connectivity index (χ1v) is 6.47. The Kier molecular flexibility index (Phi) is 4.58. The molecular weight excluding hydrogens is 242 g/mol. The third kappa shape index (κ3) is 3.35. The van der Waals surface area contributed by atoms with E-state index in [0.717, 1.165) is 31.4 Å². The Bertz CT molecular complexity index is 464. The molecule has 1 aromatic carbocycles. The molecule has 1 aliphatic rings. The monoisotopic (exact) mass is 261 g/mol. The van der Waals surface area contributed by atoms with Crippen molar-refractivity contribution < 1.29 is 14.3 Å². The second-order valence-electron chi connectivity index (χ2n) is 4.55. The van der Waals surface area contributed by atoms with E-state index in [2.05, 4.69) is 11.9 Å². The van der Waals surface area contributed by atoms with Crippen molar-refractivity contribution >= 4 is 5.97 Å². The van der Waals surface area contributed by atoms with E-state index in [1.165, 1.54) is 0 Å². The number of methoxy groups -OCH3 is 1. The van der Waals surface area contributed by atoms with E-state index in [0.29, 0.717) is 11.5 Å². The van der Waals surface area contributed by atoms with Crippen molar-refractivity contribution in [3.8, 4) is 11.5 Å². The molecule has 1 saturated heterocycles. The lowest BCUT2D eigenvalue weighted by molar-refractivity contribution is -0.136. The summed E-state index contributed by atoms with van der Waals surface area (Å²) in [6, 6.07) is 5.35. The maximum absolute atomic E-state index is 11.9. The highest BCUT2D eigenvalue weighted by Crippen LogP contribution is 2.29. The van der Waals surface area contributed by atoms with Crippen molar-refractivity contribution in [3.05, 3.63) is 36.4 Å². The second-order valence-corrected chi connectivity index (χ2v) is 4.55. The van der Waals surface area contributed by atoms with Crippen molar-refractivity contribution in [1.82, 2.24) is 5.32 Å². The summed E-state index contributed by atoms with van der Waals surface area (Å²) in [5, 5.41) is 3.12. The van der Waals surface area contributed by atoms with E-state index in [4.69, 9.17) is 9.47 Å². The van der Waals surface area contributed by atoms with E-state index in [9.17, 15) is 4.79 Å².